The van der Waals surface area contributed by atoms with Gasteiger partial charge in [-0.3, -0.25) is 0 Å². The van der Waals surface area contributed by atoms with Crippen molar-refractivity contribution in [3.63, 3.8) is 0 Å². The number of hydrogen-bond acceptors (Lipinski definition) is 3. The molecule has 0 aromatic heterocycles. The Kier molecular flexibility index (Phi) is 7.93. The van der Waals surface area contributed by atoms with Crippen LogP contribution < -0.4 is 19.7 Å². The van der Waals surface area contributed by atoms with Crippen LogP contribution in [0.4, 0.5) is 5.69 Å². The van der Waals surface area contributed by atoms with E-state index in [4.69, 9.17) is 9.47 Å². The van der Waals surface area contributed by atoms with Gasteiger partial charge in [0.1, 0.15) is 18.1 Å². The van der Waals surface area contributed by atoms with Crippen molar-refractivity contribution >= 4 is 19.6 Å². The van der Waals surface area contributed by atoms with Crippen molar-refractivity contribution in [2.24, 2.45) is 0 Å². The molecule has 1 aliphatic rings. The Morgan fingerprint density at radius 1 is 0.909 bits per heavy atom. The summed E-state index contributed by atoms with van der Waals surface area (Å²) < 4.78 is 12.0. The molecule has 1 heterocycles. The molecule has 3 nitrogen and oxygen atoms in total. The number of ether oxygens (including phenoxy) is 2. The van der Waals surface area contributed by atoms with Gasteiger partial charge in [-0.2, -0.15) is 0 Å². The lowest BCUT2D eigenvalue weighted by Gasteiger charge is -2.35. The van der Waals surface area contributed by atoms with Crippen LogP contribution in [0.25, 0.3) is 0 Å². The first kappa shape index (κ1) is 23.6. The molecule has 0 radical (unpaired) electrons. The summed E-state index contributed by atoms with van der Waals surface area (Å²) in [5, 5.41) is 1.40. The molecular formula is C29H36NO2P. The summed E-state index contributed by atoms with van der Waals surface area (Å²) >= 11 is 0. The zero-order chi connectivity index (χ0) is 23.1. The number of para-hydroxylation sites is 1. The highest BCUT2D eigenvalue weighted by atomic mass is 31.1. The highest BCUT2D eigenvalue weighted by Gasteiger charge is 2.31. The quantitative estimate of drug-likeness (QED) is 0.324. The molecule has 0 saturated carbocycles. The molecule has 0 N–H and O–H groups in total. The van der Waals surface area contributed by atoms with Gasteiger partial charge in [-0.05, 0) is 60.8 Å². The molecule has 2 unspecified atom stereocenters. The second-order valence-corrected chi connectivity index (χ2v) is 10.9. The monoisotopic (exact) mass is 461 g/mol. The summed E-state index contributed by atoms with van der Waals surface area (Å²) in [4.78, 5) is 2.58. The van der Waals surface area contributed by atoms with E-state index in [0.717, 1.165) is 31.0 Å². The van der Waals surface area contributed by atoms with Crippen LogP contribution in [0, 0.1) is 0 Å². The molecule has 3 aromatic carbocycles. The SMILES string of the molecule is CCC(C)(Pc1ccccc1N1CCCCC1)c1cc(OC)ccc1OCc1ccccc1. The molecule has 33 heavy (non-hydrogen) atoms. The fourth-order valence-corrected chi connectivity index (χ4v) is 6.21. The van der Waals surface area contributed by atoms with Gasteiger partial charge in [0.05, 0.1) is 7.11 Å². The number of benzene rings is 3. The Morgan fingerprint density at radius 3 is 2.36 bits per heavy atom. The lowest BCUT2D eigenvalue weighted by Crippen LogP contribution is -2.33. The number of anilines is 1. The first-order chi connectivity index (χ1) is 16.1. The van der Waals surface area contributed by atoms with Gasteiger partial charge in [0.15, 0.2) is 0 Å². The second kappa shape index (κ2) is 11.1. The van der Waals surface area contributed by atoms with Gasteiger partial charge in [0, 0.05) is 29.5 Å². The van der Waals surface area contributed by atoms with Gasteiger partial charge in [0.2, 0.25) is 0 Å². The van der Waals surface area contributed by atoms with Crippen molar-refractivity contribution in [2.75, 3.05) is 25.1 Å². The van der Waals surface area contributed by atoms with Crippen LogP contribution in [0.5, 0.6) is 11.5 Å². The second-order valence-electron chi connectivity index (χ2n) is 9.01. The fraction of sp³-hybridized carbons (Fsp3) is 0.379. The standard InChI is InChI=1S/C29H36NO2P/c1-4-29(2,33-28-16-10-9-15-26(28)30-19-11-6-12-20-30)25-21-24(31-3)17-18-27(25)32-22-23-13-7-5-8-14-23/h5,7-10,13-18,21,33H,4,6,11-12,19-20,22H2,1-3H3. The molecule has 0 spiro atoms. The van der Waals surface area contributed by atoms with E-state index in [1.807, 2.05) is 12.1 Å². The fourth-order valence-electron chi connectivity index (χ4n) is 4.56. The van der Waals surface area contributed by atoms with Crippen molar-refractivity contribution in [2.45, 2.75) is 51.3 Å². The van der Waals surface area contributed by atoms with E-state index < -0.39 is 0 Å². The largest absolute Gasteiger partial charge is 0.497 e. The van der Waals surface area contributed by atoms with E-state index in [9.17, 15) is 0 Å². The van der Waals surface area contributed by atoms with Crippen molar-refractivity contribution in [3.8, 4) is 11.5 Å². The molecule has 1 saturated heterocycles. The molecule has 2 atom stereocenters. The van der Waals surface area contributed by atoms with Gasteiger partial charge in [0.25, 0.3) is 0 Å². The van der Waals surface area contributed by atoms with E-state index in [2.05, 4.69) is 79.4 Å². The molecule has 1 fully saturated rings. The highest BCUT2D eigenvalue weighted by Crippen LogP contribution is 2.49. The number of hydrogen-bond donors (Lipinski definition) is 0. The lowest BCUT2D eigenvalue weighted by atomic mass is 9.96. The van der Waals surface area contributed by atoms with Gasteiger partial charge < -0.3 is 14.4 Å². The summed E-state index contributed by atoms with van der Waals surface area (Å²) in [5.74, 6) is 1.83. The van der Waals surface area contributed by atoms with Crippen LogP contribution in [0.15, 0.2) is 72.8 Å². The number of rotatable bonds is 9. The summed E-state index contributed by atoms with van der Waals surface area (Å²) in [7, 11) is 2.37. The number of piperidine rings is 1. The van der Waals surface area contributed by atoms with Crippen molar-refractivity contribution in [1.82, 2.24) is 0 Å². The minimum Gasteiger partial charge on any atom is -0.497 e. The Labute approximate surface area is 200 Å². The van der Waals surface area contributed by atoms with Crippen molar-refractivity contribution in [1.29, 1.82) is 0 Å². The van der Waals surface area contributed by atoms with Gasteiger partial charge in [-0.15, -0.1) is 0 Å². The third kappa shape index (κ3) is 5.71. The summed E-state index contributed by atoms with van der Waals surface area (Å²) in [5.41, 5.74) is 3.81. The number of methoxy groups -OCH3 is 1. The maximum absolute atomic E-state index is 6.39. The van der Waals surface area contributed by atoms with Gasteiger partial charge >= 0.3 is 0 Å². The third-order valence-electron chi connectivity index (χ3n) is 6.74. The van der Waals surface area contributed by atoms with Crippen LogP contribution in [-0.4, -0.2) is 20.2 Å². The minimum absolute atomic E-state index is 0.0492. The van der Waals surface area contributed by atoms with Crippen LogP contribution in [0.2, 0.25) is 0 Å². The van der Waals surface area contributed by atoms with E-state index in [1.165, 1.54) is 41.4 Å². The molecule has 3 aromatic rings. The van der Waals surface area contributed by atoms with Crippen LogP contribution in [0.1, 0.15) is 50.7 Å². The van der Waals surface area contributed by atoms with E-state index in [-0.39, 0.29) is 5.16 Å². The first-order valence-corrected chi connectivity index (χ1v) is 13.1. The third-order valence-corrected chi connectivity index (χ3v) is 8.60. The average molecular weight is 462 g/mol. The zero-order valence-corrected chi connectivity index (χ0v) is 21.1. The highest BCUT2D eigenvalue weighted by molar-refractivity contribution is 7.49. The topological polar surface area (TPSA) is 21.7 Å². The van der Waals surface area contributed by atoms with E-state index in [1.54, 1.807) is 7.11 Å². The number of nitrogens with zero attached hydrogens (tertiary/aromatic N) is 1. The normalized spacial score (nSPS) is 16.0. The molecule has 174 valence electrons. The summed E-state index contributed by atoms with van der Waals surface area (Å²) in [6.07, 6.45) is 4.94. The Hall–Kier alpha value is -2.51. The molecule has 4 rings (SSSR count). The summed E-state index contributed by atoms with van der Waals surface area (Å²) in [6, 6.07) is 25.6. The first-order valence-electron chi connectivity index (χ1n) is 12.1. The van der Waals surface area contributed by atoms with Crippen LogP contribution in [-0.2, 0) is 11.8 Å². The maximum Gasteiger partial charge on any atom is 0.124 e. The lowest BCUT2D eigenvalue weighted by molar-refractivity contribution is 0.299. The Bertz CT molecular complexity index is 1030. The smallest absolute Gasteiger partial charge is 0.124 e. The maximum atomic E-state index is 6.39. The van der Waals surface area contributed by atoms with Crippen LogP contribution >= 0.6 is 8.58 Å². The minimum atomic E-state index is -0.0492. The van der Waals surface area contributed by atoms with E-state index in [0.29, 0.717) is 15.2 Å². The molecule has 0 amide bonds. The molecule has 0 aliphatic carbocycles. The van der Waals surface area contributed by atoms with Gasteiger partial charge in [-0.1, -0.05) is 71.0 Å². The predicted octanol–water partition coefficient (Wildman–Crippen LogP) is 6.89. The molecule has 0 bridgehead atoms. The van der Waals surface area contributed by atoms with Crippen molar-refractivity contribution in [3.05, 3.63) is 83.9 Å². The van der Waals surface area contributed by atoms with Gasteiger partial charge in [-0.25, -0.2) is 0 Å². The van der Waals surface area contributed by atoms with Crippen molar-refractivity contribution < 1.29 is 9.47 Å². The Morgan fingerprint density at radius 2 is 1.64 bits per heavy atom. The van der Waals surface area contributed by atoms with E-state index >= 15 is 0 Å². The zero-order valence-electron chi connectivity index (χ0n) is 20.1. The molecule has 1 aliphatic heterocycles. The molecule has 4 heteroatoms. The summed E-state index contributed by atoms with van der Waals surface area (Å²) in [6.45, 7) is 7.55. The molecular weight excluding hydrogens is 425 g/mol. The predicted molar refractivity (Wildman–Crippen MR) is 142 cm³/mol. The average Bonchev–Trinajstić information content (AvgIpc) is 2.88. The Balaban J connectivity index is 1.66. The van der Waals surface area contributed by atoms with Crippen LogP contribution in [0.3, 0.4) is 0 Å².